The van der Waals surface area contributed by atoms with E-state index in [0.29, 0.717) is 0 Å². The average Bonchev–Trinajstić information content (AvgIpc) is 2.46. The highest BCUT2D eigenvalue weighted by atomic mass is 16.4. The first-order valence-electron chi connectivity index (χ1n) is 8.52. The van der Waals surface area contributed by atoms with Gasteiger partial charge in [-0.3, -0.25) is 4.79 Å². The minimum atomic E-state index is -0.618. The number of carboxylic acids is 1. The summed E-state index contributed by atoms with van der Waals surface area (Å²) in [7, 11) is 0. The Labute approximate surface area is 134 Å². The lowest BCUT2D eigenvalue weighted by Crippen LogP contribution is -2.50. The van der Waals surface area contributed by atoms with Gasteiger partial charge < -0.3 is 5.11 Å². The third-order valence-corrected chi connectivity index (χ3v) is 6.84. The smallest absolute Gasteiger partial charge is 0.309 e. The van der Waals surface area contributed by atoms with Crippen LogP contribution in [0.2, 0.25) is 0 Å². The van der Waals surface area contributed by atoms with Crippen LogP contribution in [0.3, 0.4) is 0 Å². The van der Waals surface area contributed by atoms with Crippen LogP contribution in [0.15, 0.2) is 36.0 Å². The van der Waals surface area contributed by atoms with Crippen LogP contribution in [0.4, 0.5) is 0 Å². The molecule has 4 unspecified atom stereocenters. The molecule has 0 spiro atoms. The summed E-state index contributed by atoms with van der Waals surface area (Å²) in [5.41, 5.74) is 2.48. The lowest BCUT2D eigenvalue weighted by Gasteiger charge is -2.55. The largest absolute Gasteiger partial charge is 0.481 e. The molecule has 0 heterocycles. The Kier molecular flexibility index (Phi) is 3.43. The van der Waals surface area contributed by atoms with E-state index in [0.717, 1.165) is 38.5 Å². The van der Waals surface area contributed by atoms with Gasteiger partial charge in [0.15, 0.2) is 0 Å². The molecule has 1 N–H and O–H groups in total. The van der Waals surface area contributed by atoms with Gasteiger partial charge in [-0.2, -0.15) is 0 Å². The van der Waals surface area contributed by atoms with Gasteiger partial charge in [0, 0.05) is 0 Å². The van der Waals surface area contributed by atoms with Gasteiger partial charge in [0.05, 0.1) is 5.41 Å². The zero-order valence-electron chi connectivity index (χ0n) is 14.1. The third-order valence-electron chi connectivity index (χ3n) is 6.84. The van der Waals surface area contributed by atoms with E-state index in [1.54, 1.807) is 0 Å². The summed E-state index contributed by atoms with van der Waals surface area (Å²) < 4.78 is 0. The van der Waals surface area contributed by atoms with E-state index in [1.165, 1.54) is 11.1 Å². The van der Waals surface area contributed by atoms with E-state index in [2.05, 4.69) is 38.7 Å². The molecule has 0 aromatic carbocycles. The number of hydrogen-bond donors (Lipinski definition) is 1. The normalized spacial score (nSPS) is 44.2. The Bertz CT molecular complexity index is 585. The van der Waals surface area contributed by atoms with Gasteiger partial charge in [-0.15, -0.1) is 6.58 Å². The van der Waals surface area contributed by atoms with Crippen LogP contribution in [-0.4, -0.2) is 11.1 Å². The molecule has 0 aliphatic heterocycles. The molecule has 0 aromatic heterocycles. The van der Waals surface area contributed by atoms with Crippen molar-refractivity contribution in [2.75, 3.05) is 0 Å². The molecule has 1 saturated carbocycles. The summed E-state index contributed by atoms with van der Waals surface area (Å²) in [5.74, 6) is -0.401. The Morgan fingerprint density at radius 1 is 1.32 bits per heavy atom. The zero-order valence-corrected chi connectivity index (χ0v) is 14.1. The quantitative estimate of drug-likeness (QED) is 0.718. The van der Waals surface area contributed by atoms with Gasteiger partial charge in [-0.25, -0.2) is 0 Å². The number of carbonyl (C=O) groups is 1. The molecule has 2 heteroatoms. The molecule has 0 aromatic rings. The zero-order chi connectivity index (χ0) is 16.2. The fourth-order valence-corrected chi connectivity index (χ4v) is 5.24. The second-order valence-electron chi connectivity index (χ2n) is 8.37. The molecule has 0 amide bonds. The minimum absolute atomic E-state index is 0.0258. The fourth-order valence-electron chi connectivity index (χ4n) is 5.24. The molecule has 0 saturated heterocycles. The minimum Gasteiger partial charge on any atom is -0.481 e. The predicted octanol–water partition coefficient (Wildman–Crippen LogP) is 5.13. The highest BCUT2D eigenvalue weighted by Crippen LogP contribution is 2.62. The van der Waals surface area contributed by atoms with Crippen LogP contribution in [-0.2, 0) is 4.79 Å². The molecular formula is C20H28O2. The summed E-state index contributed by atoms with van der Waals surface area (Å²) in [6.45, 7) is 10.6. The van der Waals surface area contributed by atoms with Crippen molar-refractivity contribution in [2.24, 2.45) is 22.2 Å². The monoisotopic (exact) mass is 300 g/mol. The summed E-state index contributed by atoms with van der Waals surface area (Å²) in [6.07, 6.45) is 12.7. The summed E-state index contributed by atoms with van der Waals surface area (Å²) in [6, 6.07) is 0. The molecule has 0 radical (unpaired) electrons. The van der Waals surface area contributed by atoms with Gasteiger partial charge in [-0.1, -0.05) is 38.5 Å². The Morgan fingerprint density at radius 3 is 2.68 bits per heavy atom. The van der Waals surface area contributed by atoms with E-state index in [1.807, 2.05) is 6.92 Å². The molecule has 3 rings (SSSR count). The highest BCUT2D eigenvalue weighted by Gasteiger charge is 2.56. The first kappa shape index (κ1) is 15.6. The van der Waals surface area contributed by atoms with Crippen molar-refractivity contribution in [3.63, 3.8) is 0 Å². The summed E-state index contributed by atoms with van der Waals surface area (Å²) in [4.78, 5) is 11.9. The van der Waals surface area contributed by atoms with Crippen molar-refractivity contribution in [1.82, 2.24) is 0 Å². The number of carboxylic acid groups (broad SMARTS) is 1. The van der Waals surface area contributed by atoms with Crippen LogP contribution in [0.5, 0.6) is 0 Å². The SMILES string of the molecule is C=CC1(C)CC=C2C(=CCC3C(C)(C(=O)O)CCCC23C)C1. The van der Waals surface area contributed by atoms with Crippen molar-refractivity contribution < 1.29 is 9.90 Å². The van der Waals surface area contributed by atoms with E-state index in [9.17, 15) is 9.90 Å². The van der Waals surface area contributed by atoms with Crippen molar-refractivity contribution in [3.05, 3.63) is 36.0 Å². The number of aliphatic carboxylic acids is 1. The molecule has 120 valence electrons. The Morgan fingerprint density at radius 2 is 2.05 bits per heavy atom. The van der Waals surface area contributed by atoms with Crippen LogP contribution in [0, 0.1) is 22.2 Å². The van der Waals surface area contributed by atoms with Crippen LogP contribution in [0.25, 0.3) is 0 Å². The average molecular weight is 300 g/mol. The predicted molar refractivity (Wildman–Crippen MR) is 89.5 cm³/mol. The van der Waals surface area contributed by atoms with Crippen molar-refractivity contribution >= 4 is 5.97 Å². The fraction of sp³-hybridized carbons (Fsp3) is 0.650. The molecule has 0 bridgehead atoms. The molecule has 22 heavy (non-hydrogen) atoms. The second kappa shape index (κ2) is 4.84. The van der Waals surface area contributed by atoms with E-state index in [4.69, 9.17) is 0 Å². The van der Waals surface area contributed by atoms with E-state index >= 15 is 0 Å². The lowest BCUT2D eigenvalue weighted by molar-refractivity contribution is -0.158. The van der Waals surface area contributed by atoms with Crippen LogP contribution < -0.4 is 0 Å². The number of hydrogen-bond acceptors (Lipinski definition) is 1. The highest BCUT2D eigenvalue weighted by molar-refractivity contribution is 5.75. The Balaban J connectivity index is 2.04. The van der Waals surface area contributed by atoms with Crippen molar-refractivity contribution in [1.29, 1.82) is 0 Å². The number of fused-ring (bicyclic) bond motifs is 3. The van der Waals surface area contributed by atoms with Crippen molar-refractivity contribution in [2.45, 2.75) is 59.3 Å². The lowest BCUT2D eigenvalue weighted by atomic mass is 9.48. The third kappa shape index (κ3) is 2.03. The first-order chi connectivity index (χ1) is 10.3. The molecule has 3 aliphatic carbocycles. The summed E-state index contributed by atoms with van der Waals surface area (Å²) >= 11 is 0. The molecule has 2 nitrogen and oxygen atoms in total. The standard InChI is InChI=1S/C20H28O2/c1-5-18(2)12-9-15-14(13-18)7-8-16-19(15,3)10-6-11-20(16,4)17(21)22/h5,7,9,16H,1,6,8,10-13H2,2-4H3,(H,21,22). The van der Waals surface area contributed by atoms with Crippen LogP contribution in [0.1, 0.15) is 59.3 Å². The van der Waals surface area contributed by atoms with Crippen molar-refractivity contribution in [3.8, 4) is 0 Å². The number of allylic oxidation sites excluding steroid dienone is 5. The van der Waals surface area contributed by atoms with Crippen LogP contribution >= 0.6 is 0 Å². The van der Waals surface area contributed by atoms with Gasteiger partial charge in [0.2, 0.25) is 0 Å². The topological polar surface area (TPSA) is 37.3 Å². The maximum Gasteiger partial charge on any atom is 0.309 e. The van der Waals surface area contributed by atoms with Gasteiger partial charge in [0.25, 0.3) is 0 Å². The first-order valence-corrected chi connectivity index (χ1v) is 8.52. The Hall–Kier alpha value is -1.31. The second-order valence-corrected chi connectivity index (χ2v) is 8.37. The maximum atomic E-state index is 11.9. The van der Waals surface area contributed by atoms with Gasteiger partial charge in [-0.05, 0) is 66.9 Å². The van der Waals surface area contributed by atoms with E-state index < -0.39 is 11.4 Å². The maximum absolute atomic E-state index is 11.9. The molecule has 4 atom stereocenters. The number of rotatable bonds is 2. The molecule has 1 fully saturated rings. The summed E-state index contributed by atoms with van der Waals surface area (Å²) in [5, 5.41) is 9.81. The molecular weight excluding hydrogens is 272 g/mol. The van der Waals surface area contributed by atoms with E-state index in [-0.39, 0.29) is 16.7 Å². The molecule has 3 aliphatic rings. The van der Waals surface area contributed by atoms with Gasteiger partial charge in [0.1, 0.15) is 0 Å². The van der Waals surface area contributed by atoms with Gasteiger partial charge >= 0.3 is 5.97 Å².